The minimum atomic E-state index is 0.240. The highest BCUT2D eigenvalue weighted by molar-refractivity contribution is 5.78. The molecule has 0 aliphatic carbocycles. The fourth-order valence-corrected chi connectivity index (χ4v) is 4.25. The Balaban J connectivity index is 1.40. The zero-order valence-electron chi connectivity index (χ0n) is 17.1. The lowest BCUT2D eigenvalue weighted by Crippen LogP contribution is -2.41. The van der Waals surface area contributed by atoms with Gasteiger partial charge in [0.25, 0.3) is 0 Å². The van der Waals surface area contributed by atoms with Crippen molar-refractivity contribution in [3.8, 4) is 0 Å². The first-order chi connectivity index (χ1) is 14.2. The van der Waals surface area contributed by atoms with E-state index in [9.17, 15) is 4.79 Å². The highest BCUT2D eigenvalue weighted by Crippen LogP contribution is 2.22. The molecule has 4 rings (SSSR count). The molecule has 1 aromatic heterocycles. The van der Waals surface area contributed by atoms with Gasteiger partial charge in [0, 0.05) is 37.9 Å². The van der Waals surface area contributed by atoms with E-state index in [4.69, 9.17) is 4.98 Å². The molecule has 1 aliphatic rings. The van der Waals surface area contributed by atoms with Crippen LogP contribution in [0.4, 0.5) is 0 Å². The second kappa shape index (κ2) is 9.08. The van der Waals surface area contributed by atoms with E-state index >= 15 is 0 Å². The number of amides is 1. The molecule has 0 spiro atoms. The Kier molecular flexibility index (Phi) is 6.09. The highest BCUT2D eigenvalue weighted by Gasteiger charge is 2.25. The van der Waals surface area contributed by atoms with Crippen LogP contribution in [0.1, 0.15) is 35.5 Å². The van der Waals surface area contributed by atoms with Crippen LogP contribution in [0.5, 0.6) is 0 Å². The molecule has 2 aromatic carbocycles. The number of aromatic nitrogens is 2. The fraction of sp³-hybridized carbons (Fsp3) is 0.360. The van der Waals surface area contributed by atoms with Crippen molar-refractivity contribution in [3.63, 3.8) is 0 Å². The molecule has 1 saturated heterocycles. The van der Waals surface area contributed by atoms with Crippen LogP contribution in [0.2, 0.25) is 0 Å². The number of rotatable bonds is 6. The van der Waals surface area contributed by atoms with Gasteiger partial charge in [0.1, 0.15) is 5.82 Å². The first kappa shape index (κ1) is 19.4. The number of piperidine rings is 1. The van der Waals surface area contributed by atoms with Crippen LogP contribution >= 0.6 is 0 Å². The second-order valence-corrected chi connectivity index (χ2v) is 8.10. The van der Waals surface area contributed by atoms with Gasteiger partial charge in [-0.25, -0.2) is 4.98 Å². The van der Waals surface area contributed by atoms with Crippen LogP contribution in [0.25, 0.3) is 0 Å². The predicted molar refractivity (Wildman–Crippen MR) is 116 cm³/mol. The summed E-state index contributed by atoms with van der Waals surface area (Å²) in [5.74, 6) is 1.85. The zero-order chi connectivity index (χ0) is 20.1. The van der Waals surface area contributed by atoms with Gasteiger partial charge >= 0.3 is 0 Å². The second-order valence-electron chi connectivity index (χ2n) is 8.10. The van der Waals surface area contributed by atoms with Crippen LogP contribution in [0.3, 0.4) is 0 Å². The molecule has 1 atom stereocenters. The van der Waals surface area contributed by atoms with Gasteiger partial charge in [-0.05, 0) is 36.8 Å². The SMILES string of the molecule is Cc1cnc(CC2CCCN(C(=O)Cc3ccccc3)C2)n1Cc1ccccc1. The molecular weight excluding hydrogens is 358 g/mol. The monoisotopic (exact) mass is 387 g/mol. The van der Waals surface area contributed by atoms with E-state index in [1.807, 2.05) is 42.6 Å². The van der Waals surface area contributed by atoms with E-state index < -0.39 is 0 Å². The maximum absolute atomic E-state index is 12.8. The van der Waals surface area contributed by atoms with Crippen molar-refractivity contribution in [2.24, 2.45) is 5.92 Å². The smallest absolute Gasteiger partial charge is 0.226 e. The third-order valence-corrected chi connectivity index (χ3v) is 5.86. The Hall–Kier alpha value is -2.88. The number of nitrogens with zero attached hydrogens (tertiary/aromatic N) is 3. The van der Waals surface area contributed by atoms with Crippen molar-refractivity contribution in [1.82, 2.24) is 14.5 Å². The molecule has 3 aromatic rings. The topological polar surface area (TPSA) is 38.1 Å². The lowest BCUT2D eigenvalue weighted by atomic mass is 9.94. The predicted octanol–water partition coefficient (Wildman–Crippen LogP) is 4.26. The Morgan fingerprint density at radius 3 is 2.45 bits per heavy atom. The summed E-state index contributed by atoms with van der Waals surface area (Å²) in [6, 6.07) is 20.6. The normalized spacial score (nSPS) is 16.7. The average Bonchev–Trinajstić information content (AvgIpc) is 3.09. The van der Waals surface area contributed by atoms with Crippen LogP contribution in [-0.2, 0) is 24.2 Å². The molecule has 2 heterocycles. The molecule has 29 heavy (non-hydrogen) atoms. The molecule has 1 fully saturated rings. The van der Waals surface area contributed by atoms with Crippen molar-refractivity contribution in [2.75, 3.05) is 13.1 Å². The van der Waals surface area contributed by atoms with Crippen LogP contribution in [-0.4, -0.2) is 33.4 Å². The van der Waals surface area contributed by atoms with E-state index in [0.29, 0.717) is 12.3 Å². The number of carbonyl (C=O) groups excluding carboxylic acids is 1. The van der Waals surface area contributed by atoms with E-state index in [1.54, 1.807) is 0 Å². The number of imidazole rings is 1. The molecular formula is C25H29N3O. The Labute approximate surface area is 173 Å². The molecule has 1 aliphatic heterocycles. The lowest BCUT2D eigenvalue weighted by molar-refractivity contribution is -0.132. The minimum Gasteiger partial charge on any atom is -0.342 e. The Morgan fingerprint density at radius 2 is 1.72 bits per heavy atom. The van der Waals surface area contributed by atoms with Gasteiger partial charge in [-0.1, -0.05) is 60.7 Å². The van der Waals surface area contributed by atoms with Crippen molar-refractivity contribution in [1.29, 1.82) is 0 Å². The summed E-state index contributed by atoms with van der Waals surface area (Å²) < 4.78 is 2.32. The summed E-state index contributed by atoms with van der Waals surface area (Å²) in [7, 11) is 0. The first-order valence-corrected chi connectivity index (χ1v) is 10.6. The van der Waals surface area contributed by atoms with E-state index in [0.717, 1.165) is 50.3 Å². The van der Waals surface area contributed by atoms with Crippen molar-refractivity contribution < 1.29 is 4.79 Å². The third-order valence-electron chi connectivity index (χ3n) is 5.86. The largest absolute Gasteiger partial charge is 0.342 e. The quantitative estimate of drug-likeness (QED) is 0.634. The van der Waals surface area contributed by atoms with Crippen LogP contribution in [0, 0.1) is 12.8 Å². The number of likely N-dealkylation sites (tertiary alicyclic amines) is 1. The average molecular weight is 388 g/mol. The molecule has 0 radical (unpaired) electrons. The molecule has 1 unspecified atom stereocenters. The summed E-state index contributed by atoms with van der Waals surface area (Å²) in [6.07, 6.45) is 5.63. The van der Waals surface area contributed by atoms with Gasteiger partial charge in [-0.2, -0.15) is 0 Å². The van der Waals surface area contributed by atoms with Crippen molar-refractivity contribution >= 4 is 5.91 Å². The summed E-state index contributed by atoms with van der Waals surface area (Å²) >= 11 is 0. The van der Waals surface area contributed by atoms with Crippen molar-refractivity contribution in [3.05, 3.63) is 89.5 Å². The van der Waals surface area contributed by atoms with E-state index in [1.165, 1.54) is 11.3 Å². The minimum absolute atomic E-state index is 0.240. The standard InChI is InChI=1S/C25H29N3O/c1-20-17-26-24(28(20)19-22-11-6-3-7-12-22)15-23-13-8-14-27(18-23)25(29)16-21-9-4-2-5-10-21/h2-7,9-12,17,23H,8,13-16,18-19H2,1H3. The zero-order valence-corrected chi connectivity index (χ0v) is 17.1. The summed E-state index contributed by atoms with van der Waals surface area (Å²) in [5.41, 5.74) is 3.57. The third kappa shape index (κ3) is 4.94. The molecule has 0 N–H and O–H groups in total. The fourth-order valence-electron chi connectivity index (χ4n) is 4.25. The molecule has 0 bridgehead atoms. The van der Waals surface area contributed by atoms with Gasteiger partial charge in [-0.3, -0.25) is 4.79 Å². The van der Waals surface area contributed by atoms with Gasteiger partial charge in [-0.15, -0.1) is 0 Å². The summed E-state index contributed by atoms with van der Waals surface area (Å²) in [5, 5.41) is 0. The van der Waals surface area contributed by atoms with Gasteiger partial charge in [0.2, 0.25) is 5.91 Å². The first-order valence-electron chi connectivity index (χ1n) is 10.6. The molecule has 150 valence electrons. The summed E-state index contributed by atoms with van der Waals surface area (Å²) in [6.45, 7) is 4.68. The molecule has 1 amide bonds. The van der Waals surface area contributed by atoms with Gasteiger partial charge in [0.15, 0.2) is 0 Å². The van der Waals surface area contributed by atoms with Crippen LogP contribution < -0.4 is 0 Å². The number of carbonyl (C=O) groups is 1. The number of benzene rings is 2. The number of hydrogen-bond donors (Lipinski definition) is 0. The Morgan fingerprint density at radius 1 is 1.03 bits per heavy atom. The maximum atomic E-state index is 12.8. The number of hydrogen-bond acceptors (Lipinski definition) is 2. The number of aryl methyl sites for hydroxylation is 1. The summed E-state index contributed by atoms with van der Waals surface area (Å²) in [4.78, 5) is 19.5. The molecule has 4 nitrogen and oxygen atoms in total. The van der Waals surface area contributed by atoms with Gasteiger partial charge < -0.3 is 9.47 Å². The van der Waals surface area contributed by atoms with Crippen molar-refractivity contribution in [2.45, 2.75) is 39.2 Å². The highest BCUT2D eigenvalue weighted by atomic mass is 16.2. The van der Waals surface area contributed by atoms with E-state index in [2.05, 4.69) is 40.7 Å². The van der Waals surface area contributed by atoms with E-state index in [-0.39, 0.29) is 5.91 Å². The Bertz CT molecular complexity index is 933. The molecule has 0 saturated carbocycles. The molecule has 4 heteroatoms. The lowest BCUT2D eigenvalue weighted by Gasteiger charge is -2.33. The maximum Gasteiger partial charge on any atom is 0.226 e. The van der Waals surface area contributed by atoms with Gasteiger partial charge in [0.05, 0.1) is 6.42 Å². The van der Waals surface area contributed by atoms with Crippen LogP contribution in [0.15, 0.2) is 66.9 Å².